The quantitative estimate of drug-likeness (QED) is 0.734. The Balaban J connectivity index is 2.13. The number of carbonyl (C=O) groups is 1. The Labute approximate surface area is 108 Å². The average molecular weight is 255 g/mol. The molecule has 3 aromatic rings. The summed E-state index contributed by atoms with van der Waals surface area (Å²) in [5.74, 6) is -1.26. The normalized spacial score (nSPS) is 10.8. The van der Waals surface area contributed by atoms with Crippen molar-refractivity contribution in [3.8, 4) is 11.3 Å². The Morgan fingerprint density at radius 1 is 1.11 bits per heavy atom. The number of carboxylic acid groups (broad SMARTS) is 1. The summed E-state index contributed by atoms with van der Waals surface area (Å²) in [5, 5.41) is 9.73. The van der Waals surface area contributed by atoms with Crippen LogP contribution in [0, 0.1) is 5.82 Å². The highest BCUT2D eigenvalue weighted by atomic mass is 19.1. The zero-order valence-electron chi connectivity index (χ0n) is 9.85. The minimum atomic E-state index is -0.969. The molecule has 0 unspecified atom stereocenters. The number of halogens is 1. The molecule has 1 heterocycles. The summed E-state index contributed by atoms with van der Waals surface area (Å²) in [5.41, 5.74) is 2.57. The minimum Gasteiger partial charge on any atom is -0.478 e. The molecule has 3 rings (SSSR count). The Morgan fingerprint density at radius 2 is 1.95 bits per heavy atom. The van der Waals surface area contributed by atoms with E-state index in [1.165, 1.54) is 18.2 Å². The Hall–Kier alpha value is -2.62. The molecule has 0 aliphatic carbocycles. The van der Waals surface area contributed by atoms with E-state index >= 15 is 0 Å². The van der Waals surface area contributed by atoms with E-state index < -0.39 is 5.97 Å². The number of aromatic nitrogens is 1. The van der Waals surface area contributed by atoms with Crippen LogP contribution in [0.2, 0.25) is 0 Å². The van der Waals surface area contributed by atoms with Gasteiger partial charge in [-0.25, -0.2) is 9.18 Å². The van der Waals surface area contributed by atoms with Crippen molar-refractivity contribution in [2.45, 2.75) is 0 Å². The lowest BCUT2D eigenvalue weighted by Gasteiger charge is -1.99. The second kappa shape index (κ2) is 4.24. The monoisotopic (exact) mass is 255 g/mol. The molecule has 0 aliphatic heterocycles. The maximum Gasteiger partial charge on any atom is 0.335 e. The predicted octanol–water partition coefficient (Wildman–Crippen LogP) is 3.67. The van der Waals surface area contributed by atoms with E-state index in [2.05, 4.69) is 4.98 Å². The first-order valence-corrected chi connectivity index (χ1v) is 5.75. The summed E-state index contributed by atoms with van der Waals surface area (Å²) in [6, 6.07) is 12.9. The van der Waals surface area contributed by atoms with E-state index in [0.29, 0.717) is 0 Å². The number of rotatable bonds is 2. The average Bonchev–Trinajstić information content (AvgIpc) is 2.81. The van der Waals surface area contributed by atoms with Gasteiger partial charge in [-0.2, -0.15) is 0 Å². The Bertz CT molecular complexity index is 777. The van der Waals surface area contributed by atoms with Crippen LogP contribution < -0.4 is 0 Å². The van der Waals surface area contributed by atoms with Gasteiger partial charge in [-0.3, -0.25) is 0 Å². The van der Waals surface area contributed by atoms with Gasteiger partial charge in [0.1, 0.15) is 5.82 Å². The van der Waals surface area contributed by atoms with Crippen LogP contribution in [0.3, 0.4) is 0 Å². The zero-order valence-corrected chi connectivity index (χ0v) is 9.85. The minimum absolute atomic E-state index is 0.224. The number of hydrogen-bond acceptors (Lipinski definition) is 1. The first-order chi connectivity index (χ1) is 9.13. The van der Waals surface area contributed by atoms with E-state index in [1.807, 2.05) is 6.07 Å². The standard InChI is InChI=1S/C15H10FNO2/c16-12-4-5-13-11(7-12)8-14(17-13)9-2-1-3-10(6-9)15(18)19/h1-8,17H,(H,18,19). The lowest BCUT2D eigenvalue weighted by Crippen LogP contribution is -1.95. The van der Waals surface area contributed by atoms with Crippen LogP contribution in [0.15, 0.2) is 48.5 Å². The molecule has 0 radical (unpaired) electrons. The number of aromatic amines is 1. The predicted molar refractivity (Wildman–Crippen MR) is 70.7 cm³/mol. The molecule has 0 spiro atoms. The molecule has 0 atom stereocenters. The van der Waals surface area contributed by atoms with Gasteiger partial charge in [-0.05, 0) is 42.0 Å². The second-order valence-electron chi connectivity index (χ2n) is 4.30. The number of aromatic carboxylic acids is 1. The van der Waals surface area contributed by atoms with Crippen molar-refractivity contribution in [3.63, 3.8) is 0 Å². The fourth-order valence-electron chi connectivity index (χ4n) is 2.08. The largest absolute Gasteiger partial charge is 0.478 e. The van der Waals surface area contributed by atoms with Crippen molar-refractivity contribution in [1.82, 2.24) is 4.98 Å². The first kappa shape index (κ1) is 11.5. The van der Waals surface area contributed by atoms with Gasteiger partial charge in [0.15, 0.2) is 0 Å². The van der Waals surface area contributed by atoms with Gasteiger partial charge < -0.3 is 10.1 Å². The Morgan fingerprint density at radius 3 is 2.74 bits per heavy atom. The SMILES string of the molecule is O=C(O)c1cccc(-c2cc3cc(F)ccc3[nH]2)c1. The van der Waals surface area contributed by atoms with Crippen LogP contribution in [0.1, 0.15) is 10.4 Å². The summed E-state index contributed by atoms with van der Waals surface area (Å²) < 4.78 is 13.1. The molecule has 0 saturated carbocycles. The summed E-state index contributed by atoms with van der Waals surface area (Å²) in [6.45, 7) is 0. The second-order valence-corrected chi connectivity index (χ2v) is 4.30. The molecule has 0 bridgehead atoms. The lowest BCUT2D eigenvalue weighted by atomic mass is 10.1. The molecule has 0 amide bonds. The lowest BCUT2D eigenvalue weighted by molar-refractivity contribution is 0.0697. The van der Waals surface area contributed by atoms with Crippen LogP contribution in [0.4, 0.5) is 4.39 Å². The van der Waals surface area contributed by atoms with Gasteiger partial charge in [0, 0.05) is 16.6 Å². The van der Waals surface area contributed by atoms with Crippen LogP contribution in [-0.4, -0.2) is 16.1 Å². The van der Waals surface area contributed by atoms with Crippen molar-refractivity contribution in [3.05, 3.63) is 59.9 Å². The van der Waals surface area contributed by atoms with Gasteiger partial charge in [0.2, 0.25) is 0 Å². The molecule has 0 fully saturated rings. The summed E-state index contributed by atoms with van der Waals surface area (Å²) in [6.07, 6.45) is 0. The summed E-state index contributed by atoms with van der Waals surface area (Å²) in [4.78, 5) is 14.1. The third-order valence-corrected chi connectivity index (χ3v) is 3.00. The molecule has 0 aliphatic rings. The molecule has 3 nitrogen and oxygen atoms in total. The highest BCUT2D eigenvalue weighted by Gasteiger charge is 2.07. The van der Waals surface area contributed by atoms with E-state index in [0.717, 1.165) is 22.2 Å². The smallest absolute Gasteiger partial charge is 0.335 e. The van der Waals surface area contributed by atoms with Crippen LogP contribution in [0.5, 0.6) is 0 Å². The van der Waals surface area contributed by atoms with Gasteiger partial charge in [0.25, 0.3) is 0 Å². The number of nitrogens with one attached hydrogen (secondary N) is 1. The van der Waals surface area contributed by atoms with Crippen molar-refractivity contribution in [2.75, 3.05) is 0 Å². The fraction of sp³-hybridized carbons (Fsp3) is 0. The maximum atomic E-state index is 13.1. The number of benzene rings is 2. The van der Waals surface area contributed by atoms with Crippen LogP contribution >= 0.6 is 0 Å². The topological polar surface area (TPSA) is 53.1 Å². The number of hydrogen-bond donors (Lipinski definition) is 2. The first-order valence-electron chi connectivity index (χ1n) is 5.75. The number of fused-ring (bicyclic) bond motifs is 1. The molecular weight excluding hydrogens is 245 g/mol. The molecule has 1 aromatic heterocycles. The van der Waals surface area contributed by atoms with E-state index in [9.17, 15) is 9.18 Å². The van der Waals surface area contributed by atoms with Gasteiger partial charge in [0.05, 0.1) is 5.56 Å². The highest BCUT2D eigenvalue weighted by Crippen LogP contribution is 2.25. The molecular formula is C15H10FNO2. The highest BCUT2D eigenvalue weighted by molar-refractivity contribution is 5.91. The third kappa shape index (κ3) is 2.08. The number of H-pyrrole nitrogens is 1. The van der Waals surface area contributed by atoms with E-state index in [4.69, 9.17) is 5.11 Å². The van der Waals surface area contributed by atoms with Gasteiger partial charge in [-0.15, -0.1) is 0 Å². The molecule has 2 N–H and O–H groups in total. The van der Waals surface area contributed by atoms with Gasteiger partial charge in [-0.1, -0.05) is 12.1 Å². The third-order valence-electron chi connectivity index (χ3n) is 3.00. The Kier molecular flexibility index (Phi) is 2.56. The van der Waals surface area contributed by atoms with Crippen LogP contribution in [0.25, 0.3) is 22.2 Å². The van der Waals surface area contributed by atoms with E-state index in [-0.39, 0.29) is 11.4 Å². The summed E-state index contributed by atoms with van der Waals surface area (Å²) in [7, 11) is 0. The molecule has 19 heavy (non-hydrogen) atoms. The molecule has 2 aromatic carbocycles. The maximum absolute atomic E-state index is 13.1. The fourth-order valence-corrected chi connectivity index (χ4v) is 2.08. The van der Waals surface area contributed by atoms with Crippen molar-refractivity contribution >= 4 is 16.9 Å². The van der Waals surface area contributed by atoms with Crippen molar-refractivity contribution in [1.29, 1.82) is 0 Å². The van der Waals surface area contributed by atoms with Gasteiger partial charge >= 0.3 is 5.97 Å². The van der Waals surface area contributed by atoms with Crippen molar-refractivity contribution in [2.24, 2.45) is 0 Å². The van der Waals surface area contributed by atoms with E-state index in [1.54, 1.807) is 24.3 Å². The zero-order chi connectivity index (χ0) is 13.4. The number of carboxylic acids is 1. The molecule has 4 heteroatoms. The molecule has 94 valence electrons. The molecule has 0 saturated heterocycles. The summed E-state index contributed by atoms with van der Waals surface area (Å²) >= 11 is 0. The van der Waals surface area contributed by atoms with Crippen molar-refractivity contribution < 1.29 is 14.3 Å². The van der Waals surface area contributed by atoms with Crippen LogP contribution in [-0.2, 0) is 0 Å².